The summed E-state index contributed by atoms with van der Waals surface area (Å²) in [5.41, 5.74) is 0. The lowest BCUT2D eigenvalue weighted by Crippen LogP contribution is -2.33. The first kappa shape index (κ1) is 18.8. The Morgan fingerprint density at radius 2 is 1.88 bits per heavy atom. The second-order valence-corrected chi connectivity index (χ2v) is 7.19. The van der Waals surface area contributed by atoms with Crippen molar-refractivity contribution < 1.29 is 18.7 Å². The van der Waals surface area contributed by atoms with Gasteiger partial charge in [0.05, 0.1) is 6.42 Å². The summed E-state index contributed by atoms with van der Waals surface area (Å²) in [6, 6.07) is 6.11. The molecule has 1 saturated carbocycles. The lowest BCUT2D eigenvalue weighted by Gasteiger charge is -2.21. The fourth-order valence-corrected chi connectivity index (χ4v) is 3.53. The van der Waals surface area contributed by atoms with Gasteiger partial charge in [-0.15, -0.1) is 11.8 Å². The lowest BCUT2D eigenvalue weighted by molar-refractivity contribution is -0.148. The van der Waals surface area contributed by atoms with Crippen molar-refractivity contribution in [1.82, 2.24) is 5.32 Å². The molecule has 24 heavy (non-hydrogen) atoms. The van der Waals surface area contributed by atoms with Crippen LogP contribution in [0.1, 0.15) is 38.5 Å². The largest absolute Gasteiger partial charge is 0.456 e. The topological polar surface area (TPSA) is 55.4 Å². The predicted molar refractivity (Wildman–Crippen MR) is 92.3 cm³/mol. The van der Waals surface area contributed by atoms with Gasteiger partial charge >= 0.3 is 5.97 Å². The molecule has 0 spiro atoms. The highest BCUT2D eigenvalue weighted by molar-refractivity contribution is 7.99. The number of benzene rings is 1. The Bertz CT molecular complexity index is 530. The average molecular weight is 353 g/mol. The van der Waals surface area contributed by atoms with E-state index in [0.29, 0.717) is 18.2 Å². The summed E-state index contributed by atoms with van der Waals surface area (Å²) in [5, 5.41) is 2.84. The van der Waals surface area contributed by atoms with E-state index in [4.69, 9.17) is 4.74 Å². The molecule has 0 aromatic heterocycles. The minimum Gasteiger partial charge on any atom is -0.456 e. The van der Waals surface area contributed by atoms with Gasteiger partial charge in [0, 0.05) is 17.2 Å². The molecule has 1 aliphatic rings. The molecule has 6 heteroatoms. The monoisotopic (exact) mass is 353 g/mol. The number of amides is 1. The summed E-state index contributed by atoms with van der Waals surface area (Å²) in [6.45, 7) is 0.462. The molecule has 0 atom stereocenters. The molecule has 0 heterocycles. The molecule has 4 nitrogen and oxygen atoms in total. The van der Waals surface area contributed by atoms with Crippen molar-refractivity contribution in [3.63, 3.8) is 0 Å². The number of ether oxygens (including phenoxy) is 1. The third kappa shape index (κ3) is 7.34. The van der Waals surface area contributed by atoms with Crippen molar-refractivity contribution in [2.45, 2.75) is 43.4 Å². The quantitative estimate of drug-likeness (QED) is 0.574. The molecule has 1 aliphatic carbocycles. The zero-order chi connectivity index (χ0) is 17.2. The average Bonchev–Trinajstić information content (AvgIpc) is 2.61. The summed E-state index contributed by atoms with van der Waals surface area (Å²) in [6.07, 6.45) is 6.32. The number of thioether (sulfide) groups is 1. The van der Waals surface area contributed by atoms with Gasteiger partial charge in [0.15, 0.2) is 6.61 Å². The summed E-state index contributed by atoms with van der Waals surface area (Å²) in [4.78, 5) is 24.2. The van der Waals surface area contributed by atoms with Crippen LogP contribution >= 0.6 is 11.8 Å². The first-order valence-electron chi connectivity index (χ1n) is 8.44. The standard InChI is InChI=1S/C18H24FNO3S/c19-15-6-8-16(9-7-15)24-11-10-18(22)23-13-17(21)20-12-14-4-2-1-3-5-14/h6-9,14H,1-5,10-13H2,(H,20,21). The van der Waals surface area contributed by atoms with Gasteiger partial charge in [-0.25, -0.2) is 4.39 Å². The highest BCUT2D eigenvalue weighted by atomic mass is 32.2. The van der Waals surface area contributed by atoms with E-state index in [1.165, 1.54) is 56.0 Å². The predicted octanol–water partition coefficient (Wildman–Crippen LogP) is 3.55. The number of hydrogen-bond donors (Lipinski definition) is 1. The molecular formula is C18H24FNO3S. The second kappa shape index (κ2) is 10.3. The van der Waals surface area contributed by atoms with Crippen LogP contribution in [0.3, 0.4) is 0 Å². The van der Waals surface area contributed by atoms with E-state index in [2.05, 4.69) is 5.32 Å². The summed E-state index contributed by atoms with van der Waals surface area (Å²) in [5.74, 6) is 0.190. The Labute approximate surface area is 146 Å². The number of halogens is 1. The smallest absolute Gasteiger partial charge is 0.307 e. The first-order valence-corrected chi connectivity index (χ1v) is 9.43. The van der Waals surface area contributed by atoms with Gasteiger partial charge in [-0.3, -0.25) is 9.59 Å². The third-order valence-electron chi connectivity index (χ3n) is 4.07. The molecule has 1 fully saturated rings. The van der Waals surface area contributed by atoms with E-state index >= 15 is 0 Å². The molecule has 1 aromatic carbocycles. The van der Waals surface area contributed by atoms with Crippen molar-refractivity contribution >= 4 is 23.6 Å². The Kier molecular flexibility index (Phi) is 8.08. The van der Waals surface area contributed by atoms with E-state index in [1.54, 1.807) is 12.1 Å². The van der Waals surface area contributed by atoms with Crippen molar-refractivity contribution in [3.05, 3.63) is 30.1 Å². The maximum atomic E-state index is 12.8. The molecule has 0 saturated heterocycles. The van der Waals surface area contributed by atoms with E-state index in [1.807, 2.05) is 0 Å². The van der Waals surface area contributed by atoms with Gasteiger partial charge in [0.1, 0.15) is 5.82 Å². The minimum atomic E-state index is -0.391. The SMILES string of the molecule is O=C(COC(=O)CCSc1ccc(F)cc1)NCC1CCCCC1. The van der Waals surface area contributed by atoms with Crippen LogP contribution < -0.4 is 5.32 Å². The Morgan fingerprint density at radius 3 is 2.58 bits per heavy atom. The lowest BCUT2D eigenvalue weighted by atomic mass is 9.89. The van der Waals surface area contributed by atoms with Gasteiger partial charge < -0.3 is 10.1 Å². The zero-order valence-electron chi connectivity index (χ0n) is 13.8. The van der Waals surface area contributed by atoms with Crippen molar-refractivity contribution in [2.75, 3.05) is 18.9 Å². The summed E-state index contributed by atoms with van der Waals surface area (Å²) >= 11 is 1.45. The normalized spacial score (nSPS) is 15.0. The number of carbonyl (C=O) groups excluding carboxylic acids is 2. The molecule has 0 unspecified atom stereocenters. The van der Waals surface area contributed by atoms with E-state index < -0.39 is 5.97 Å². The van der Waals surface area contributed by atoms with Crippen LogP contribution in [0.5, 0.6) is 0 Å². The summed E-state index contributed by atoms with van der Waals surface area (Å²) < 4.78 is 17.7. The van der Waals surface area contributed by atoms with E-state index in [9.17, 15) is 14.0 Å². The molecule has 0 aliphatic heterocycles. The molecule has 0 radical (unpaired) electrons. The second-order valence-electron chi connectivity index (χ2n) is 6.02. The molecule has 0 bridgehead atoms. The highest BCUT2D eigenvalue weighted by Gasteiger charge is 2.15. The molecule has 1 aromatic rings. The van der Waals surface area contributed by atoms with Crippen LogP contribution in [0.15, 0.2) is 29.2 Å². The van der Waals surface area contributed by atoms with Crippen LogP contribution in [-0.2, 0) is 14.3 Å². The van der Waals surface area contributed by atoms with E-state index in [0.717, 1.165) is 4.90 Å². The Hall–Kier alpha value is -1.56. The number of esters is 1. The van der Waals surface area contributed by atoms with Crippen LogP contribution in [0.2, 0.25) is 0 Å². The van der Waals surface area contributed by atoms with Crippen LogP contribution in [-0.4, -0.2) is 30.8 Å². The van der Waals surface area contributed by atoms with Crippen molar-refractivity contribution in [2.24, 2.45) is 5.92 Å². The van der Waals surface area contributed by atoms with Gasteiger partial charge in [-0.1, -0.05) is 19.3 Å². The fourth-order valence-electron chi connectivity index (χ4n) is 2.70. The van der Waals surface area contributed by atoms with Gasteiger partial charge in [-0.2, -0.15) is 0 Å². The van der Waals surface area contributed by atoms with Gasteiger partial charge in [0.25, 0.3) is 5.91 Å². The summed E-state index contributed by atoms with van der Waals surface area (Å²) in [7, 11) is 0. The van der Waals surface area contributed by atoms with Gasteiger partial charge in [-0.05, 0) is 43.0 Å². The molecule has 2 rings (SSSR count). The number of rotatable bonds is 8. The molecule has 1 amide bonds. The number of nitrogens with one attached hydrogen (secondary N) is 1. The molecular weight excluding hydrogens is 329 g/mol. The van der Waals surface area contributed by atoms with Crippen molar-refractivity contribution in [1.29, 1.82) is 0 Å². The maximum absolute atomic E-state index is 12.8. The maximum Gasteiger partial charge on any atom is 0.307 e. The Balaban J connectivity index is 1.53. The Morgan fingerprint density at radius 1 is 1.17 bits per heavy atom. The number of carbonyl (C=O) groups is 2. The van der Waals surface area contributed by atoms with Gasteiger partial charge in [0.2, 0.25) is 0 Å². The minimum absolute atomic E-state index is 0.216. The van der Waals surface area contributed by atoms with Crippen LogP contribution in [0, 0.1) is 11.7 Å². The van der Waals surface area contributed by atoms with Crippen LogP contribution in [0.25, 0.3) is 0 Å². The third-order valence-corrected chi connectivity index (χ3v) is 5.08. The zero-order valence-corrected chi connectivity index (χ0v) is 14.6. The van der Waals surface area contributed by atoms with Crippen LogP contribution in [0.4, 0.5) is 4.39 Å². The van der Waals surface area contributed by atoms with Crippen molar-refractivity contribution in [3.8, 4) is 0 Å². The number of hydrogen-bond acceptors (Lipinski definition) is 4. The van der Waals surface area contributed by atoms with E-state index in [-0.39, 0.29) is 24.8 Å². The first-order chi connectivity index (χ1) is 11.6. The molecule has 1 N–H and O–H groups in total. The fraction of sp³-hybridized carbons (Fsp3) is 0.556. The highest BCUT2D eigenvalue weighted by Crippen LogP contribution is 2.22. The molecule has 132 valence electrons.